The van der Waals surface area contributed by atoms with E-state index in [-0.39, 0.29) is 6.42 Å². The molecule has 0 aromatic heterocycles. The Hall–Kier alpha value is -1.26. The largest absolute Gasteiger partial charge is 0.480 e. The zero-order chi connectivity index (χ0) is 21.8. The first-order valence-corrected chi connectivity index (χ1v) is 10.7. The number of aliphatic carboxylic acids is 1. The van der Waals surface area contributed by atoms with E-state index in [0.29, 0.717) is 6.42 Å². The van der Waals surface area contributed by atoms with E-state index in [0.717, 1.165) is 19.3 Å². The van der Waals surface area contributed by atoms with E-state index in [1.807, 2.05) is 0 Å². The zero-order valence-electron chi connectivity index (χ0n) is 17.2. The summed E-state index contributed by atoms with van der Waals surface area (Å²) < 4.78 is 4.82. The molecule has 6 atom stereocenters. The van der Waals surface area contributed by atoms with Gasteiger partial charge >= 0.3 is 5.97 Å². The molecule has 0 aromatic rings. The maximum atomic E-state index is 12.2. The second-order valence-electron chi connectivity index (χ2n) is 7.79. The van der Waals surface area contributed by atoms with Crippen molar-refractivity contribution in [3.8, 4) is 0 Å². The summed E-state index contributed by atoms with van der Waals surface area (Å²) in [6.07, 6.45) is 2.47. The Bertz CT molecular complexity index is 489. The van der Waals surface area contributed by atoms with Gasteiger partial charge in [0.2, 0.25) is 0 Å². The van der Waals surface area contributed by atoms with Crippen molar-refractivity contribution < 1.29 is 39.9 Å². The molecule has 0 aliphatic carbocycles. The minimum absolute atomic E-state index is 0.230. The lowest BCUT2D eigenvalue weighted by molar-refractivity contribution is -0.275. The molecule has 6 N–H and O–H groups in total. The van der Waals surface area contributed by atoms with Gasteiger partial charge in [0.05, 0.1) is 0 Å². The van der Waals surface area contributed by atoms with Crippen molar-refractivity contribution in [3.05, 3.63) is 0 Å². The Balaban J connectivity index is 2.31. The lowest BCUT2D eigenvalue weighted by Crippen LogP contribution is -2.62. The third kappa shape index (κ3) is 8.96. The van der Waals surface area contributed by atoms with E-state index in [9.17, 15) is 35.1 Å². The Morgan fingerprint density at radius 2 is 1.34 bits per heavy atom. The molecule has 170 valence electrons. The van der Waals surface area contributed by atoms with Crippen LogP contribution in [-0.2, 0) is 14.3 Å². The highest BCUT2D eigenvalue weighted by Gasteiger charge is 2.46. The molecular weight excluding hydrogens is 382 g/mol. The van der Waals surface area contributed by atoms with Crippen LogP contribution in [0.3, 0.4) is 0 Å². The van der Waals surface area contributed by atoms with Crippen LogP contribution in [0.5, 0.6) is 0 Å². The molecule has 0 aromatic carbocycles. The van der Waals surface area contributed by atoms with Crippen molar-refractivity contribution >= 4 is 11.9 Å². The number of aliphatic hydroxyl groups excluding tert-OH is 4. The monoisotopic (exact) mass is 419 g/mol. The number of rotatable bonds is 14. The van der Waals surface area contributed by atoms with Crippen LogP contribution in [0, 0.1) is 0 Å². The quantitative estimate of drug-likeness (QED) is 0.224. The number of carbonyl (C=O) groups is 2. The maximum Gasteiger partial charge on any atom is 0.326 e. The molecule has 1 heterocycles. The van der Waals surface area contributed by atoms with E-state index >= 15 is 0 Å². The van der Waals surface area contributed by atoms with Crippen LogP contribution in [0.2, 0.25) is 0 Å². The van der Waals surface area contributed by atoms with Gasteiger partial charge in [0, 0.05) is 0 Å². The first-order valence-electron chi connectivity index (χ1n) is 10.7. The van der Waals surface area contributed by atoms with Gasteiger partial charge < -0.3 is 35.6 Å². The Kier molecular flexibility index (Phi) is 12.3. The van der Waals surface area contributed by atoms with Gasteiger partial charge in [-0.25, -0.2) is 4.79 Å². The van der Waals surface area contributed by atoms with Gasteiger partial charge in [0.25, 0.3) is 5.91 Å². The third-order valence-electron chi connectivity index (χ3n) is 5.31. The van der Waals surface area contributed by atoms with Crippen LogP contribution in [0.15, 0.2) is 0 Å². The van der Waals surface area contributed by atoms with Crippen LogP contribution in [0.25, 0.3) is 0 Å². The van der Waals surface area contributed by atoms with Gasteiger partial charge in [0.15, 0.2) is 12.4 Å². The van der Waals surface area contributed by atoms with E-state index in [2.05, 4.69) is 12.2 Å². The number of unbranched alkanes of at least 4 members (excludes halogenated alkanes) is 9. The molecule has 1 rings (SSSR count). The number of hydrogen-bond donors (Lipinski definition) is 6. The van der Waals surface area contributed by atoms with Gasteiger partial charge in [0.1, 0.15) is 24.4 Å². The lowest BCUT2D eigenvalue weighted by Gasteiger charge is -2.37. The molecular formula is C20H37NO8. The molecule has 0 bridgehead atoms. The van der Waals surface area contributed by atoms with Gasteiger partial charge in [-0.1, -0.05) is 71.1 Å². The van der Waals surface area contributed by atoms with Gasteiger partial charge in [-0.2, -0.15) is 0 Å². The molecule has 1 aliphatic rings. The van der Waals surface area contributed by atoms with E-state index in [1.165, 1.54) is 38.5 Å². The minimum atomic E-state index is -1.85. The summed E-state index contributed by atoms with van der Waals surface area (Å²) in [7, 11) is 0. The van der Waals surface area contributed by atoms with E-state index < -0.39 is 48.6 Å². The summed E-state index contributed by atoms with van der Waals surface area (Å²) in [5, 5.41) is 50.0. The molecule has 1 saturated heterocycles. The molecule has 0 spiro atoms. The van der Waals surface area contributed by atoms with Crippen molar-refractivity contribution in [2.24, 2.45) is 0 Å². The third-order valence-corrected chi connectivity index (χ3v) is 5.31. The second kappa shape index (κ2) is 13.9. The van der Waals surface area contributed by atoms with Crippen LogP contribution in [-0.4, -0.2) is 74.2 Å². The Morgan fingerprint density at radius 1 is 0.828 bits per heavy atom. The number of nitrogens with one attached hydrogen (secondary N) is 1. The average molecular weight is 420 g/mol. The first-order chi connectivity index (χ1) is 13.8. The Morgan fingerprint density at radius 3 is 1.86 bits per heavy atom. The van der Waals surface area contributed by atoms with Gasteiger partial charge in [-0.15, -0.1) is 0 Å². The zero-order valence-corrected chi connectivity index (χ0v) is 17.2. The van der Waals surface area contributed by atoms with Crippen molar-refractivity contribution in [1.82, 2.24) is 5.32 Å². The first kappa shape index (κ1) is 25.8. The topological polar surface area (TPSA) is 157 Å². The molecule has 9 heteroatoms. The Labute approximate surface area is 172 Å². The molecule has 2 unspecified atom stereocenters. The summed E-state index contributed by atoms with van der Waals surface area (Å²) in [5.41, 5.74) is 0. The normalized spacial score (nSPS) is 28.1. The standard InChI is InChI=1S/C20H37NO8/c1-2-3-4-5-6-7-8-9-10-11-12-13(19(26)27)21-18(25)17-15(23)14(22)16(24)20(28)29-17/h13-17,20,22-24,28H,2-12H2,1H3,(H,21,25)(H,26,27)/t13?,14-,15-,16+,17-,20?/m0/s1. The molecule has 0 radical (unpaired) electrons. The summed E-state index contributed by atoms with van der Waals surface area (Å²) >= 11 is 0. The van der Waals surface area contributed by atoms with E-state index in [1.54, 1.807) is 0 Å². The van der Waals surface area contributed by atoms with E-state index in [4.69, 9.17) is 4.74 Å². The molecule has 1 aliphatic heterocycles. The highest BCUT2D eigenvalue weighted by molar-refractivity contribution is 5.86. The fourth-order valence-corrected chi connectivity index (χ4v) is 3.43. The molecule has 29 heavy (non-hydrogen) atoms. The fraction of sp³-hybridized carbons (Fsp3) is 0.900. The fourth-order valence-electron chi connectivity index (χ4n) is 3.43. The van der Waals surface area contributed by atoms with Crippen LogP contribution < -0.4 is 5.32 Å². The SMILES string of the molecule is CCCCCCCCCCCCC(NC(=O)[C@H]1OC(O)[C@H](O)[C@@H](O)[C@@H]1O)C(=O)O. The van der Waals surface area contributed by atoms with Gasteiger partial charge in [-0.3, -0.25) is 4.79 Å². The minimum Gasteiger partial charge on any atom is -0.480 e. The summed E-state index contributed by atoms with van der Waals surface area (Å²) in [6, 6.07) is -1.16. The average Bonchev–Trinajstić information content (AvgIpc) is 2.69. The molecule has 0 saturated carbocycles. The number of amides is 1. The predicted octanol–water partition coefficient (Wildman–Crippen LogP) is 0.667. The van der Waals surface area contributed by atoms with Crippen molar-refractivity contribution in [3.63, 3.8) is 0 Å². The number of carboxylic acids is 1. The molecule has 9 nitrogen and oxygen atoms in total. The summed E-state index contributed by atoms with van der Waals surface area (Å²) in [6.45, 7) is 2.19. The van der Waals surface area contributed by atoms with Crippen molar-refractivity contribution in [1.29, 1.82) is 0 Å². The summed E-state index contributed by atoms with van der Waals surface area (Å²) in [5.74, 6) is -2.16. The number of ether oxygens (including phenoxy) is 1. The van der Waals surface area contributed by atoms with Crippen LogP contribution in [0.1, 0.15) is 77.6 Å². The number of carbonyl (C=O) groups excluding carboxylic acids is 1. The predicted molar refractivity (Wildman–Crippen MR) is 105 cm³/mol. The number of aliphatic hydroxyl groups is 4. The molecule has 1 fully saturated rings. The van der Waals surface area contributed by atoms with Gasteiger partial charge in [-0.05, 0) is 6.42 Å². The number of hydrogen-bond acceptors (Lipinski definition) is 7. The smallest absolute Gasteiger partial charge is 0.326 e. The summed E-state index contributed by atoms with van der Waals surface area (Å²) in [4.78, 5) is 23.7. The highest BCUT2D eigenvalue weighted by atomic mass is 16.6. The van der Waals surface area contributed by atoms with Crippen molar-refractivity contribution in [2.45, 2.75) is 114 Å². The highest BCUT2D eigenvalue weighted by Crippen LogP contribution is 2.20. The second-order valence-corrected chi connectivity index (χ2v) is 7.79. The molecule has 1 amide bonds. The van der Waals surface area contributed by atoms with Crippen LogP contribution >= 0.6 is 0 Å². The lowest BCUT2D eigenvalue weighted by atomic mass is 9.98. The number of carboxylic acid groups (broad SMARTS) is 1. The maximum absolute atomic E-state index is 12.2. The van der Waals surface area contributed by atoms with Crippen molar-refractivity contribution in [2.75, 3.05) is 0 Å². The van der Waals surface area contributed by atoms with Crippen LogP contribution in [0.4, 0.5) is 0 Å².